The standard InChI is InChI=1S/C12H20O5S/c1-9(11(13)14)7-18(15)10-2-4-17-12(6-10)3-5-16-8-12/h9-10H,2-8H2,1H3,(H,13,14). The van der Waals surface area contributed by atoms with Gasteiger partial charge in [0.1, 0.15) is 0 Å². The van der Waals surface area contributed by atoms with Gasteiger partial charge in [-0.05, 0) is 12.8 Å². The molecule has 0 aromatic carbocycles. The summed E-state index contributed by atoms with van der Waals surface area (Å²) >= 11 is 0. The Kier molecular flexibility index (Phi) is 4.40. The van der Waals surface area contributed by atoms with Crippen molar-refractivity contribution in [3.05, 3.63) is 0 Å². The summed E-state index contributed by atoms with van der Waals surface area (Å²) in [7, 11) is -1.10. The van der Waals surface area contributed by atoms with Crippen LogP contribution in [0.15, 0.2) is 0 Å². The van der Waals surface area contributed by atoms with Gasteiger partial charge in [-0.3, -0.25) is 9.00 Å². The van der Waals surface area contributed by atoms with Crippen LogP contribution in [-0.4, -0.2) is 51.7 Å². The third kappa shape index (κ3) is 3.10. The second kappa shape index (κ2) is 5.67. The molecule has 0 aromatic rings. The zero-order chi connectivity index (χ0) is 13.2. The number of carboxylic acids is 1. The Balaban J connectivity index is 1.92. The number of hydrogen-bond donors (Lipinski definition) is 1. The molecule has 0 bridgehead atoms. The first-order valence-electron chi connectivity index (χ1n) is 6.34. The molecule has 6 heteroatoms. The smallest absolute Gasteiger partial charge is 0.307 e. The molecular weight excluding hydrogens is 256 g/mol. The number of carboxylic acid groups (broad SMARTS) is 1. The van der Waals surface area contributed by atoms with Crippen molar-refractivity contribution in [3.8, 4) is 0 Å². The van der Waals surface area contributed by atoms with Gasteiger partial charge < -0.3 is 14.6 Å². The molecule has 104 valence electrons. The van der Waals surface area contributed by atoms with Crippen molar-refractivity contribution in [2.75, 3.05) is 25.6 Å². The Morgan fingerprint density at radius 3 is 2.94 bits per heavy atom. The van der Waals surface area contributed by atoms with Gasteiger partial charge in [0.2, 0.25) is 0 Å². The van der Waals surface area contributed by atoms with Crippen LogP contribution in [0.25, 0.3) is 0 Å². The number of ether oxygens (including phenoxy) is 2. The van der Waals surface area contributed by atoms with E-state index in [1.54, 1.807) is 6.92 Å². The molecule has 18 heavy (non-hydrogen) atoms. The third-order valence-corrected chi connectivity index (χ3v) is 5.70. The van der Waals surface area contributed by atoms with Gasteiger partial charge in [0.05, 0.1) is 18.1 Å². The van der Waals surface area contributed by atoms with E-state index in [0.29, 0.717) is 19.8 Å². The van der Waals surface area contributed by atoms with E-state index in [-0.39, 0.29) is 16.6 Å². The van der Waals surface area contributed by atoms with Gasteiger partial charge in [-0.2, -0.15) is 0 Å². The molecule has 2 aliphatic rings. The van der Waals surface area contributed by atoms with E-state index < -0.39 is 22.7 Å². The first kappa shape index (κ1) is 14.0. The molecule has 5 nitrogen and oxygen atoms in total. The van der Waals surface area contributed by atoms with Crippen LogP contribution >= 0.6 is 0 Å². The number of rotatable bonds is 4. The maximum Gasteiger partial charge on any atom is 0.307 e. The number of hydrogen-bond acceptors (Lipinski definition) is 4. The van der Waals surface area contributed by atoms with Crippen LogP contribution < -0.4 is 0 Å². The molecule has 2 aliphatic heterocycles. The molecule has 0 saturated carbocycles. The lowest BCUT2D eigenvalue weighted by atomic mass is 9.93. The predicted octanol–water partition coefficient (Wildman–Crippen LogP) is 0.794. The highest BCUT2D eigenvalue weighted by Gasteiger charge is 2.42. The molecule has 2 rings (SSSR count). The normalized spacial score (nSPS) is 35.5. The quantitative estimate of drug-likeness (QED) is 0.822. The molecule has 2 heterocycles. The van der Waals surface area contributed by atoms with E-state index >= 15 is 0 Å². The molecular formula is C12H20O5S. The van der Waals surface area contributed by atoms with Crippen LogP contribution in [0, 0.1) is 5.92 Å². The van der Waals surface area contributed by atoms with E-state index in [9.17, 15) is 9.00 Å². The first-order valence-corrected chi connectivity index (χ1v) is 7.72. The lowest BCUT2D eigenvalue weighted by Gasteiger charge is -2.36. The summed E-state index contributed by atoms with van der Waals surface area (Å²) in [5, 5.41) is 8.90. The Hall–Kier alpha value is -0.460. The van der Waals surface area contributed by atoms with E-state index in [1.165, 1.54) is 0 Å². The molecule has 0 amide bonds. The summed E-state index contributed by atoms with van der Waals surface area (Å²) in [6, 6.07) is 0. The number of carbonyl (C=O) groups is 1. The second-order valence-electron chi connectivity index (χ2n) is 5.24. The Labute approximate surface area is 109 Å². The highest BCUT2D eigenvalue weighted by Crippen LogP contribution is 2.34. The van der Waals surface area contributed by atoms with Crippen molar-refractivity contribution in [3.63, 3.8) is 0 Å². The minimum atomic E-state index is -1.10. The second-order valence-corrected chi connectivity index (χ2v) is 7.00. The molecule has 1 spiro atoms. The largest absolute Gasteiger partial charge is 0.481 e. The number of aliphatic carboxylic acids is 1. The lowest BCUT2D eigenvalue weighted by Crippen LogP contribution is -2.44. The van der Waals surface area contributed by atoms with E-state index in [1.807, 2.05) is 0 Å². The highest BCUT2D eigenvalue weighted by molar-refractivity contribution is 7.85. The fraction of sp³-hybridized carbons (Fsp3) is 0.917. The van der Waals surface area contributed by atoms with Gasteiger partial charge in [-0.1, -0.05) is 6.92 Å². The highest BCUT2D eigenvalue weighted by atomic mass is 32.2. The maximum atomic E-state index is 12.2. The van der Waals surface area contributed by atoms with Gasteiger partial charge in [-0.15, -0.1) is 0 Å². The Morgan fingerprint density at radius 1 is 1.56 bits per heavy atom. The molecule has 0 radical (unpaired) electrons. The van der Waals surface area contributed by atoms with Gasteiger partial charge in [0.15, 0.2) is 0 Å². The SMILES string of the molecule is CC(CS(=O)C1CCOC2(CCOC2)C1)C(=O)O. The first-order chi connectivity index (χ1) is 8.52. The van der Waals surface area contributed by atoms with E-state index in [4.69, 9.17) is 14.6 Å². The zero-order valence-corrected chi connectivity index (χ0v) is 11.4. The van der Waals surface area contributed by atoms with Gasteiger partial charge >= 0.3 is 5.97 Å². The Morgan fingerprint density at radius 2 is 2.33 bits per heavy atom. The van der Waals surface area contributed by atoms with Crippen molar-refractivity contribution in [2.24, 2.45) is 5.92 Å². The summed E-state index contributed by atoms with van der Waals surface area (Å²) in [5.74, 6) is -1.20. The summed E-state index contributed by atoms with van der Waals surface area (Å²) in [6.07, 6.45) is 2.34. The van der Waals surface area contributed by atoms with Gasteiger partial charge in [0.25, 0.3) is 0 Å². The summed E-state index contributed by atoms with van der Waals surface area (Å²) in [4.78, 5) is 10.8. The molecule has 4 atom stereocenters. The molecule has 0 aliphatic carbocycles. The fourth-order valence-electron chi connectivity index (χ4n) is 2.52. The molecule has 0 aromatic heterocycles. The molecule has 2 saturated heterocycles. The monoisotopic (exact) mass is 276 g/mol. The van der Waals surface area contributed by atoms with Crippen molar-refractivity contribution < 1.29 is 23.6 Å². The zero-order valence-electron chi connectivity index (χ0n) is 10.6. The molecule has 1 N–H and O–H groups in total. The van der Waals surface area contributed by atoms with Gasteiger partial charge in [0, 0.05) is 41.4 Å². The molecule has 2 fully saturated rings. The molecule has 4 unspecified atom stereocenters. The van der Waals surface area contributed by atoms with Crippen LogP contribution in [0.5, 0.6) is 0 Å². The maximum absolute atomic E-state index is 12.2. The minimum absolute atomic E-state index is 0.0437. The van der Waals surface area contributed by atoms with Crippen LogP contribution in [0.2, 0.25) is 0 Å². The third-order valence-electron chi connectivity index (χ3n) is 3.72. The summed E-state index contributed by atoms with van der Waals surface area (Å²) in [6.45, 7) is 3.48. The van der Waals surface area contributed by atoms with Crippen molar-refractivity contribution in [1.82, 2.24) is 0 Å². The topological polar surface area (TPSA) is 72.8 Å². The minimum Gasteiger partial charge on any atom is -0.481 e. The van der Waals surface area contributed by atoms with E-state index in [0.717, 1.165) is 19.3 Å². The van der Waals surface area contributed by atoms with Crippen LogP contribution in [0.4, 0.5) is 0 Å². The Bertz CT molecular complexity index is 337. The van der Waals surface area contributed by atoms with E-state index in [2.05, 4.69) is 0 Å². The predicted molar refractivity (Wildman–Crippen MR) is 67.0 cm³/mol. The van der Waals surface area contributed by atoms with Crippen LogP contribution in [-0.2, 0) is 25.1 Å². The fourth-order valence-corrected chi connectivity index (χ4v) is 4.28. The average molecular weight is 276 g/mol. The van der Waals surface area contributed by atoms with Crippen LogP contribution in [0.3, 0.4) is 0 Å². The van der Waals surface area contributed by atoms with Crippen molar-refractivity contribution >= 4 is 16.8 Å². The average Bonchev–Trinajstić information content (AvgIpc) is 2.77. The van der Waals surface area contributed by atoms with Crippen molar-refractivity contribution in [2.45, 2.75) is 37.0 Å². The van der Waals surface area contributed by atoms with Crippen LogP contribution in [0.1, 0.15) is 26.2 Å². The lowest BCUT2D eigenvalue weighted by molar-refractivity contribution is -0.140. The summed E-state index contributed by atoms with van der Waals surface area (Å²) < 4.78 is 23.4. The summed E-state index contributed by atoms with van der Waals surface area (Å²) in [5.41, 5.74) is -0.259. The van der Waals surface area contributed by atoms with Crippen molar-refractivity contribution in [1.29, 1.82) is 0 Å². The van der Waals surface area contributed by atoms with Gasteiger partial charge in [-0.25, -0.2) is 0 Å².